The van der Waals surface area contributed by atoms with Crippen LogP contribution in [0.1, 0.15) is 16.1 Å². The number of amides is 2. The molecule has 0 atom stereocenters. The van der Waals surface area contributed by atoms with Crippen LogP contribution in [0.4, 0.5) is 5.69 Å². The fourth-order valence-electron chi connectivity index (χ4n) is 2.15. The maximum atomic E-state index is 12.2. The number of halogens is 1. The van der Waals surface area contributed by atoms with E-state index in [0.29, 0.717) is 21.3 Å². The Kier molecular flexibility index (Phi) is 5.47. The summed E-state index contributed by atoms with van der Waals surface area (Å²) in [5, 5.41) is 8.08. The first-order chi connectivity index (χ1) is 12.0. The second-order valence-corrected chi connectivity index (χ2v) is 7.70. The molecule has 0 aliphatic carbocycles. The van der Waals surface area contributed by atoms with E-state index in [1.165, 1.54) is 22.7 Å². The molecule has 5 nitrogen and oxygen atoms in total. The minimum atomic E-state index is -0.165. The van der Waals surface area contributed by atoms with Crippen LogP contribution in [-0.4, -0.2) is 23.8 Å². The summed E-state index contributed by atoms with van der Waals surface area (Å²) in [6.45, 7) is 0. The molecule has 2 amide bonds. The molecule has 0 fully saturated rings. The van der Waals surface area contributed by atoms with E-state index in [-0.39, 0.29) is 18.2 Å². The number of rotatable bonds is 5. The van der Waals surface area contributed by atoms with Gasteiger partial charge >= 0.3 is 0 Å². The van der Waals surface area contributed by atoms with Crippen LogP contribution in [0.5, 0.6) is 0 Å². The van der Waals surface area contributed by atoms with Crippen molar-refractivity contribution in [2.75, 3.05) is 12.4 Å². The van der Waals surface area contributed by atoms with E-state index in [9.17, 15) is 9.59 Å². The van der Waals surface area contributed by atoms with Crippen molar-refractivity contribution in [1.29, 1.82) is 0 Å². The molecule has 0 spiro atoms. The Bertz CT molecular complexity index is 903. The predicted octanol–water partition coefficient (Wildman–Crippen LogP) is 4.07. The van der Waals surface area contributed by atoms with E-state index in [0.717, 1.165) is 9.88 Å². The Labute approximate surface area is 157 Å². The van der Waals surface area contributed by atoms with Gasteiger partial charge in [-0.2, -0.15) is 0 Å². The van der Waals surface area contributed by atoms with Crippen LogP contribution in [0.15, 0.2) is 41.8 Å². The molecule has 2 aromatic heterocycles. The quantitative estimate of drug-likeness (QED) is 0.688. The lowest BCUT2D eigenvalue weighted by Crippen LogP contribution is -2.18. The first-order valence-corrected chi connectivity index (χ1v) is 9.44. The summed E-state index contributed by atoms with van der Waals surface area (Å²) in [4.78, 5) is 29.1. The zero-order valence-electron chi connectivity index (χ0n) is 13.2. The molecule has 3 aromatic rings. The maximum absolute atomic E-state index is 12.2. The van der Waals surface area contributed by atoms with Gasteiger partial charge < -0.3 is 10.6 Å². The Hall–Kier alpha value is -2.22. The number of anilines is 1. The molecule has 0 unspecified atom stereocenters. The van der Waals surface area contributed by atoms with Gasteiger partial charge in [0.15, 0.2) is 0 Å². The largest absolute Gasteiger partial charge is 0.355 e. The van der Waals surface area contributed by atoms with Crippen LogP contribution >= 0.6 is 34.3 Å². The van der Waals surface area contributed by atoms with Gasteiger partial charge in [0.05, 0.1) is 21.3 Å². The first-order valence-electron chi connectivity index (χ1n) is 7.37. The number of carbonyl (C=O) groups excluding carboxylic acids is 2. The molecule has 0 aliphatic heterocycles. The van der Waals surface area contributed by atoms with Crippen LogP contribution in [0, 0.1) is 0 Å². The smallest absolute Gasteiger partial charge is 0.251 e. The number of carbonyl (C=O) groups is 2. The molecule has 1 aromatic carbocycles. The fraction of sp³-hybridized carbons (Fsp3) is 0.118. The van der Waals surface area contributed by atoms with Crippen molar-refractivity contribution in [3.63, 3.8) is 0 Å². The topological polar surface area (TPSA) is 71.1 Å². The highest BCUT2D eigenvalue weighted by molar-refractivity contribution is 7.23. The van der Waals surface area contributed by atoms with Gasteiger partial charge in [0.1, 0.15) is 5.01 Å². The van der Waals surface area contributed by atoms with E-state index in [4.69, 9.17) is 11.6 Å². The van der Waals surface area contributed by atoms with Crippen molar-refractivity contribution in [3.05, 3.63) is 57.4 Å². The van der Waals surface area contributed by atoms with Gasteiger partial charge in [-0.3, -0.25) is 9.59 Å². The van der Waals surface area contributed by atoms with Crippen LogP contribution in [0.3, 0.4) is 0 Å². The third kappa shape index (κ3) is 4.45. The molecular weight excluding hydrogens is 378 g/mol. The average molecular weight is 392 g/mol. The second-order valence-electron chi connectivity index (χ2n) is 5.13. The van der Waals surface area contributed by atoms with Gasteiger partial charge in [-0.25, -0.2) is 4.98 Å². The summed E-state index contributed by atoms with van der Waals surface area (Å²) in [7, 11) is 1.57. The Morgan fingerprint density at radius 1 is 1.16 bits per heavy atom. The van der Waals surface area contributed by atoms with Crippen LogP contribution in [-0.2, 0) is 11.2 Å². The standard InChI is InChI=1S/C17H14ClN3O2S2/c1-19-16(23)10-2-4-11(5-3-10)20-15(22)8-12-9-24-17(21-12)13-6-7-14(18)25-13/h2-7,9H,8H2,1H3,(H,19,23)(H,20,22). The van der Waals surface area contributed by atoms with Crippen LogP contribution < -0.4 is 10.6 Å². The van der Waals surface area contributed by atoms with E-state index in [2.05, 4.69) is 15.6 Å². The second kappa shape index (κ2) is 7.77. The minimum absolute atomic E-state index is 0.159. The van der Waals surface area contributed by atoms with Crippen LogP contribution in [0.2, 0.25) is 4.34 Å². The summed E-state index contributed by atoms with van der Waals surface area (Å²) >= 11 is 8.89. The highest BCUT2D eigenvalue weighted by Gasteiger charge is 2.11. The molecule has 0 radical (unpaired) electrons. The number of thiazole rings is 1. The van der Waals surface area contributed by atoms with Gasteiger partial charge in [0.25, 0.3) is 5.91 Å². The summed E-state index contributed by atoms with van der Waals surface area (Å²) in [6, 6.07) is 10.5. The lowest BCUT2D eigenvalue weighted by atomic mass is 10.2. The van der Waals surface area contributed by atoms with E-state index in [1.54, 1.807) is 31.3 Å². The Morgan fingerprint density at radius 3 is 2.56 bits per heavy atom. The summed E-state index contributed by atoms with van der Waals surface area (Å²) in [5.74, 6) is -0.324. The molecule has 0 aliphatic rings. The van der Waals surface area contributed by atoms with Gasteiger partial charge in [-0.15, -0.1) is 22.7 Å². The number of nitrogens with one attached hydrogen (secondary N) is 2. The highest BCUT2D eigenvalue weighted by Crippen LogP contribution is 2.33. The summed E-state index contributed by atoms with van der Waals surface area (Å²) in [5.41, 5.74) is 1.89. The molecule has 2 heterocycles. The van der Waals surface area contributed by atoms with Gasteiger partial charge in [-0.1, -0.05) is 11.6 Å². The molecule has 128 valence electrons. The van der Waals surface area contributed by atoms with E-state index < -0.39 is 0 Å². The molecular formula is C17H14ClN3O2S2. The number of hydrogen-bond acceptors (Lipinski definition) is 5. The lowest BCUT2D eigenvalue weighted by molar-refractivity contribution is -0.115. The summed E-state index contributed by atoms with van der Waals surface area (Å²) in [6.07, 6.45) is 0.187. The molecule has 0 saturated carbocycles. The van der Waals surface area contributed by atoms with Crippen molar-refractivity contribution >= 4 is 51.8 Å². The number of aromatic nitrogens is 1. The van der Waals surface area contributed by atoms with E-state index in [1.807, 2.05) is 17.5 Å². The highest BCUT2D eigenvalue weighted by atomic mass is 35.5. The van der Waals surface area contributed by atoms with Crippen LogP contribution in [0.25, 0.3) is 9.88 Å². The fourth-order valence-corrected chi connectivity index (χ4v) is 4.08. The molecule has 0 saturated heterocycles. The molecule has 0 bridgehead atoms. The number of nitrogens with zero attached hydrogens (tertiary/aromatic N) is 1. The number of hydrogen-bond donors (Lipinski definition) is 2. The number of thiophene rings is 1. The van der Waals surface area contributed by atoms with Gasteiger partial charge in [0, 0.05) is 23.7 Å². The third-order valence-corrected chi connectivity index (χ3v) is 5.63. The zero-order chi connectivity index (χ0) is 17.8. The van der Waals surface area contributed by atoms with Crippen molar-refractivity contribution in [3.8, 4) is 9.88 Å². The molecule has 2 N–H and O–H groups in total. The molecule has 25 heavy (non-hydrogen) atoms. The van der Waals surface area contributed by atoms with Crippen molar-refractivity contribution < 1.29 is 9.59 Å². The normalized spacial score (nSPS) is 10.5. The minimum Gasteiger partial charge on any atom is -0.355 e. The monoisotopic (exact) mass is 391 g/mol. The van der Waals surface area contributed by atoms with Crippen molar-refractivity contribution in [1.82, 2.24) is 10.3 Å². The molecule has 8 heteroatoms. The van der Waals surface area contributed by atoms with E-state index >= 15 is 0 Å². The lowest BCUT2D eigenvalue weighted by Gasteiger charge is -2.05. The van der Waals surface area contributed by atoms with Gasteiger partial charge in [0.2, 0.25) is 5.91 Å². The summed E-state index contributed by atoms with van der Waals surface area (Å²) < 4.78 is 0.713. The SMILES string of the molecule is CNC(=O)c1ccc(NC(=O)Cc2csc(-c3ccc(Cl)s3)n2)cc1. The number of benzene rings is 1. The predicted molar refractivity (Wildman–Crippen MR) is 103 cm³/mol. The maximum Gasteiger partial charge on any atom is 0.251 e. The average Bonchev–Trinajstić information content (AvgIpc) is 3.23. The third-order valence-electron chi connectivity index (χ3n) is 3.34. The Morgan fingerprint density at radius 2 is 1.92 bits per heavy atom. The zero-order valence-corrected chi connectivity index (χ0v) is 15.6. The first kappa shape index (κ1) is 17.6. The Balaban J connectivity index is 1.61. The molecule has 3 rings (SSSR count). The van der Waals surface area contributed by atoms with Gasteiger partial charge in [-0.05, 0) is 36.4 Å². The van der Waals surface area contributed by atoms with Crippen molar-refractivity contribution in [2.24, 2.45) is 0 Å². The van der Waals surface area contributed by atoms with Crippen molar-refractivity contribution in [2.45, 2.75) is 6.42 Å².